The molecule has 4 aliphatic rings. The summed E-state index contributed by atoms with van der Waals surface area (Å²) in [5, 5.41) is 68.6. The smallest absolute Gasteiger partial charge is 0.294 e. The van der Waals surface area contributed by atoms with Crippen molar-refractivity contribution in [1.82, 2.24) is 10.6 Å². The first-order chi connectivity index (χ1) is 23.6. The molecule has 0 aromatic rings. The summed E-state index contributed by atoms with van der Waals surface area (Å²) in [7, 11) is 1.74. The highest BCUT2D eigenvalue weighted by Gasteiger charge is 2.54. The van der Waals surface area contributed by atoms with Crippen molar-refractivity contribution in [2.45, 2.75) is 135 Å². The van der Waals surface area contributed by atoms with E-state index in [2.05, 4.69) is 10.6 Å². The summed E-state index contributed by atoms with van der Waals surface area (Å²) >= 11 is 0. The van der Waals surface area contributed by atoms with Crippen LogP contribution in [0.15, 0.2) is 0 Å². The van der Waals surface area contributed by atoms with Gasteiger partial charge in [-0.25, -0.2) is 8.78 Å². The van der Waals surface area contributed by atoms with Crippen molar-refractivity contribution >= 4 is 5.91 Å². The number of halogens is 2. The van der Waals surface area contributed by atoms with E-state index in [1.54, 1.807) is 7.05 Å². The van der Waals surface area contributed by atoms with Gasteiger partial charge in [0, 0.05) is 19.1 Å². The second kappa shape index (κ2) is 17.6. The first-order valence-corrected chi connectivity index (χ1v) is 16.5. The van der Waals surface area contributed by atoms with Gasteiger partial charge in [-0.2, -0.15) is 0 Å². The Bertz CT molecular complexity index is 1090. The van der Waals surface area contributed by atoms with Crippen molar-refractivity contribution in [1.29, 1.82) is 0 Å². The van der Waals surface area contributed by atoms with Gasteiger partial charge in [0.1, 0.15) is 54.9 Å². The monoisotopic (exact) mass is 733 g/mol. The number of likely N-dealkylation sites (N-methyl/N-ethyl adjacent to an activating group) is 1. The maximum Gasteiger partial charge on any atom is 0.294 e. The molecule has 50 heavy (non-hydrogen) atoms. The summed E-state index contributed by atoms with van der Waals surface area (Å²) in [5.41, 5.74) is 29.4. The van der Waals surface area contributed by atoms with Crippen LogP contribution < -0.4 is 39.3 Å². The molecular formula is C28H53F2N7O13. The summed E-state index contributed by atoms with van der Waals surface area (Å²) in [6, 6.07) is -4.42. The topological polar surface area (TPSA) is 348 Å². The summed E-state index contributed by atoms with van der Waals surface area (Å²) in [6.07, 6.45) is -19.5. The Balaban J connectivity index is 1.56. The molecule has 0 bridgehead atoms. The zero-order valence-corrected chi connectivity index (χ0v) is 27.5. The van der Waals surface area contributed by atoms with Crippen molar-refractivity contribution in [3.8, 4) is 0 Å². The second-order valence-corrected chi connectivity index (χ2v) is 13.2. The Morgan fingerprint density at radius 3 is 2.12 bits per heavy atom. The first-order valence-electron chi connectivity index (χ1n) is 16.5. The van der Waals surface area contributed by atoms with Gasteiger partial charge in [0.05, 0.1) is 37.4 Å². The Morgan fingerprint density at radius 2 is 1.50 bits per heavy atom. The molecule has 4 rings (SSSR count). The lowest BCUT2D eigenvalue weighted by molar-refractivity contribution is -0.290. The second-order valence-electron chi connectivity index (χ2n) is 13.2. The number of hydrogen-bond donors (Lipinski definition) is 13. The van der Waals surface area contributed by atoms with E-state index in [-0.39, 0.29) is 19.1 Å². The molecule has 20 nitrogen and oxygen atoms in total. The quantitative estimate of drug-likeness (QED) is 0.0788. The molecule has 292 valence electrons. The standard InChI is InChI=1S/C28H53F2N7O13/c1-36-6-9-2-3-10(33)25(45-9)48-20-11(34)4-12(37-24(44)23(43)28(29,30)8-32)16(39)22(20)50-27-19(42)21(14(7-38)47-27)49-26-15(35)18(41)17(40)13(5-31)46-26/h9-23,25-27,36,38-43H,2-8,31-35H2,1H3,(H,37,44)/t9-,10+,11-,12+,13-,14+,15+,16-,17+,18+,19+,20+,21+,22+,23+,25+,26+,27-/m0/s1. The number of aliphatic hydroxyl groups is 6. The minimum Gasteiger partial charge on any atom is -0.394 e. The highest BCUT2D eigenvalue weighted by Crippen LogP contribution is 2.35. The molecule has 0 unspecified atom stereocenters. The number of hydrogen-bond acceptors (Lipinski definition) is 19. The molecule has 1 amide bonds. The molecule has 0 aromatic heterocycles. The van der Waals surface area contributed by atoms with Crippen LogP contribution in [0.5, 0.6) is 0 Å². The van der Waals surface area contributed by atoms with E-state index in [4.69, 9.17) is 57.1 Å². The Morgan fingerprint density at radius 1 is 0.860 bits per heavy atom. The van der Waals surface area contributed by atoms with E-state index in [0.29, 0.717) is 19.4 Å². The largest absolute Gasteiger partial charge is 0.394 e. The number of alkyl halides is 2. The molecular weight excluding hydrogens is 680 g/mol. The normalized spacial score (nSPS) is 45.0. The highest BCUT2D eigenvalue weighted by atomic mass is 19.3. The van der Waals surface area contributed by atoms with Crippen LogP contribution in [-0.2, 0) is 33.2 Å². The molecule has 3 heterocycles. The van der Waals surface area contributed by atoms with Gasteiger partial charge in [-0.15, -0.1) is 0 Å². The average Bonchev–Trinajstić information content (AvgIpc) is 3.39. The SMILES string of the molecule is CNC[C@@H]1CC[C@@H](N)[C@@H](O[C@H]2[C@H](O[C@@H]3O[C@H](CO)[C@@H](O[C@H]4O[C@@H](CN)[C@@H](O)[C@H](O)[C@H]4N)[C@H]3O)[C@@H](O)[C@H](NC(=O)[C@@H](O)C(F)(F)CN)C[C@@H]2N)O1. The van der Waals surface area contributed by atoms with Crippen LogP contribution >= 0.6 is 0 Å². The van der Waals surface area contributed by atoms with Crippen molar-refractivity contribution in [3.05, 3.63) is 0 Å². The average molecular weight is 734 g/mol. The molecule has 3 saturated heterocycles. The van der Waals surface area contributed by atoms with Crippen molar-refractivity contribution in [2.75, 3.05) is 33.3 Å². The summed E-state index contributed by atoms with van der Waals surface area (Å²) in [5.74, 6) is -5.52. The minimum absolute atomic E-state index is 0.215. The van der Waals surface area contributed by atoms with Gasteiger partial charge < -0.3 is 98.4 Å². The predicted octanol–water partition coefficient (Wildman–Crippen LogP) is -7.46. The molecule has 3 aliphatic heterocycles. The van der Waals surface area contributed by atoms with Gasteiger partial charge in [-0.05, 0) is 26.3 Å². The number of amides is 1. The van der Waals surface area contributed by atoms with Crippen molar-refractivity contribution in [3.63, 3.8) is 0 Å². The van der Waals surface area contributed by atoms with E-state index >= 15 is 0 Å². The van der Waals surface area contributed by atoms with Crippen LogP contribution in [0.4, 0.5) is 8.78 Å². The van der Waals surface area contributed by atoms with Crippen molar-refractivity contribution < 1.29 is 72.6 Å². The summed E-state index contributed by atoms with van der Waals surface area (Å²) in [6.45, 7) is -1.81. The van der Waals surface area contributed by atoms with Gasteiger partial charge >= 0.3 is 0 Å². The van der Waals surface area contributed by atoms with Crippen molar-refractivity contribution in [2.24, 2.45) is 28.7 Å². The molecule has 1 aliphatic carbocycles. The molecule has 22 heteroatoms. The van der Waals surface area contributed by atoms with Crippen LogP contribution in [0.3, 0.4) is 0 Å². The highest BCUT2D eigenvalue weighted by molar-refractivity contribution is 5.82. The lowest BCUT2D eigenvalue weighted by atomic mass is 9.83. The Labute approximate surface area is 286 Å². The maximum absolute atomic E-state index is 14.0. The lowest BCUT2D eigenvalue weighted by Gasteiger charge is -2.46. The molecule has 18 N–H and O–H groups in total. The zero-order chi connectivity index (χ0) is 37.1. The molecule has 0 radical (unpaired) electrons. The third-order valence-electron chi connectivity index (χ3n) is 9.52. The number of carbonyl (C=O) groups excluding carboxylic acids is 1. The summed E-state index contributed by atoms with van der Waals surface area (Å²) < 4.78 is 63.4. The van der Waals surface area contributed by atoms with E-state index in [9.17, 15) is 44.2 Å². The molecule has 18 atom stereocenters. The van der Waals surface area contributed by atoms with Crippen LogP contribution in [-0.4, -0.2) is 186 Å². The zero-order valence-electron chi connectivity index (χ0n) is 27.5. The maximum atomic E-state index is 14.0. The minimum atomic E-state index is -3.98. The van der Waals surface area contributed by atoms with Crippen LogP contribution in [0.2, 0.25) is 0 Å². The van der Waals surface area contributed by atoms with E-state index in [0.717, 1.165) is 0 Å². The van der Waals surface area contributed by atoms with Crippen LogP contribution in [0.25, 0.3) is 0 Å². The van der Waals surface area contributed by atoms with Gasteiger partial charge in [0.15, 0.2) is 25.0 Å². The molecule has 0 aromatic carbocycles. The van der Waals surface area contributed by atoms with Gasteiger partial charge in [0.2, 0.25) is 0 Å². The predicted molar refractivity (Wildman–Crippen MR) is 164 cm³/mol. The fourth-order valence-corrected chi connectivity index (χ4v) is 6.53. The Hall–Kier alpha value is -1.39. The first kappa shape index (κ1) is 41.4. The van der Waals surface area contributed by atoms with Gasteiger partial charge in [-0.3, -0.25) is 4.79 Å². The third kappa shape index (κ3) is 9.03. The number of carbonyl (C=O) groups is 1. The van der Waals surface area contributed by atoms with Gasteiger partial charge in [0.25, 0.3) is 11.8 Å². The number of ether oxygens (including phenoxy) is 6. The number of aliphatic hydroxyl groups excluding tert-OH is 6. The number of nitrogens with one attached hydrogen (secondary N) is 2. The molecule has 1 saturated carbocycles. The van der Waals surface area contributed by atoms with E-state index in [1.165, 1.54) is 0 Å². The van der Waals surface area contributed by atoms with Gasteiger partial charge in [-0.1, -0.05) is 0 Å². The third-order valence-corrected chi connectivity index (χ3v) is 9.52. The number of rotatable bonds is 14. The molecule has 4 fully saturated rings. The lowest BCUT2D eigenvalue weighted by Crippen LogP contribution is -2.67. The van der Waals surface area contributed by atoms with Crippen LogP contribution in [0, 0.1) is 0 Å². The summed E-state index contributed by atoms with van der Waals surface area (Å²) in [4.78, 5) is 12.6. The molecule has 0 spiro atoms. The van der Waals surface area contributed by atoms with Crippen LogP contribution in [0.1, 0.15) is 19.3 Å². The van der Waals surface area contributed by atoms with E-state index < -0.39 is 129 Å². The van der Waals surface area contributed by atoms with E-state index in [1.807, 2.05) is 0 Å². The Kier molecular flexibility index (Phi) is 14.6. The number of nitrogens with two attached hydrogens (primary N) is 5. The fraction of sp³-hybridized carbons (Fsp3) is 0.964. The fourth-order valence-electron chi connectivity index (χ4n) is 6.53.